The third kappa shape index (κ3) is 6.24. The highest BCUT2D eigenvalue weighted by atomic mass is 35.5. The molecule has 0 saturated carbocycles. The molecule has 0 fully saturated rings. The molecule has 7 heteroatoms. The van der Waals surface area contributed by atoms with Crippen LogP contribution in [0.2, 0.25) is 10.0 Å². The highest BCUT2D eigenvalue weighted by Gasteiger charge is 2.16. The van der Waals surface area contributed by atoms with Gasteiger partial charge in [-0.05, 0) is 49.7 Å². The molecule has 1 atom stereocenters. The zero-order valence-corrected chi connectivity index (χ0v) is 16.8. The summed E-state index contributed by atoms with van der Waals surface area (Å²) in [6.45, 7) is 3.76. The maximum Gasteiger partial charge on any atom is 0.237 e. The summed E-state index contributed by atoms with van der Waals surface area (Å²) >= 11 is 13.4. The number of carbonyl (C=O) groups is 2. The molecule has 2 N–H and O–H groups in total. The molecular formula is C19H20Cl2N2O2S. The topological polar surface area (TPSA) is 58.2 Å². The van der Waals surface area contributed by atoms with Gasteiger partial charge in [0, 0.05) is 22.0 Å². The maximum absolute atomic E-state index is 12.4. The Morgan fingerprint density at radius 2 is 1.88 bits per heavy atom. The van der Waals surface area contributed by atoms with Crippen LogP contribution in [0, 0.1) is 0 Å². The monoisotopic (exact) mass is 410 g/mol. The third-order valence-corrected chi connectivity index (χ3v) is 5.12. The summed E-state index contributed by atoms with van der Waals surface area (Å²) in [4.78, 5) is 25.0. The number of thioether (sulfide) groups is 1. The van der Waals surface area contributed by atoms with E-state index in [0.717, 1.165) is 17.0 Å². The minimum Gasteiger partial charge on any atom is -0.326 e. The first-order chi connectivity index (χ1) is 12.4. The van der Waals surface area contributed by atoms with Crippen molar-refractivity contribution >= 4 is 58.2 Å². The van der Waals surface area contributed by atoms with Gasteiger partial charge in [-0.15, -0.1) is 11.8 Å². The Kier molecular flexibility index (Phi) is 7.82. The first-order valence-corrected chi connectivity index (χ1v) is 9.85. The second kappa shape index (κ2) is 9.86. The smallest absolute Gasteiger partial charge is 0.237 e. The fourth-order valence-corrected chi connectivity index (χ4v) is 3.45. The van der Waals surface area contributed by atoms with Crippen LogP contribution in [0.4, 0.5) is 11.4 Å². The van der Waals surface area contributed by atoms with Crippen molar-refractivity contribution in [2.75, 3.05) is 10.6 Å². The molecular weight excluding hydrogens is 391 g/mol. The first-order valence-electron chi connectivity index (χ1n) is 8.21. The molecule has 0 aliphatic carbocycles. The van der Waals surface area contributed by atoms with Crippen molar-refractivity contribution in [1.82, 2.24) is 0 Å². The second-order valence-electron chi connectivity index (χ2n) is 5.70. The van der Waals surface area contributed by atoms with Crippen LogP contribution in [0.3, 0.4) is 0 Å². The van der Waals surface area contributed by atoms with Crippen molar-refractivity contribution < 1.29 is 9.59 Å². The van der Waals surface area contributed by atoms with E-state index >= 15 is 0 Å². The van der Waals surface area contributed by atoms with E-state index in [1.54, 1.807) is 25.1 Å². The molecule has 0 bridgehead atoms. The molecule has 2 amide bonds. The molecule has 2 aromatic rings. The van der Waals surface area contributed by atoms with E-state index in [1.807, 2.05) is 31.2 Å². The van der Waals surface area contributed by atoms with E-state index in [2.05, 4.69) is 10.6 Å². The summed E-state index contributed by atoms with van der Waals surface area (Å²) in [6, 6.07) is 12.3. The van der Waals surface area contributed by atoms with Crippen LogP contribution in [0.5, 0.6) is 0 Å². The lowest BCUT2D eigenvalue weighted by atomic mass is 10.3. The van der Waals surface area contributed by atoms with Crippen molar-refractivity contribution in [3.05, 3.63) is 52.5 Å². The average molecular weight is 411 g/mol. The van der Waals surface area contributed by atoms with Crippen LogP contribution in [0.1, 0.15) is 26.7 Å². The van der Waals surface area contributed by atoms with Gasteiger partial charge in [-0.1, -0.05) is 36.2 Å². The molecule has 0 spiro atoms. The third-order valence-electron chi connectivity index (χ3n) is 3.46. The molecule has 2 aromatic carbocycles. The van der Waals surface area contributed by atoms with Crippen LogP contribution < -0.4 is 10.6 Å². The molecule has 4 nitrogen and oxygen atoms in total. The SMILES string of the molecule is CCCC(=O)Nc1cccc(SC(C)C(=O)Nc2cc(Cl)ccc2Cl)c1. The second-order valence-corrected chi connectivity index (χ2v) is 7.96. The molecule has 138 valence electrons. The highest BCUT2D eigenvalue weighted by molar-refractivity contribution is 8.00. The normalized spacial score (nSPS) is 11.7. The largest absolute Gasteiger partial charge is 0.326 e. The van der Waals surface area contributed by atoms with Crippen molar-refractivity contribution in [2.45, 2.75) is 36.8 Å². The lowest BCUT2D eigenvalue weighted by Crippen LogP contribution is -2.22. The molecule has 0 aromatic heterocycles. The fourth-order valence-electron chi connectivity index (χ4n) is 2.18. The predicted molar refractivity (Wildman–Crippen MR) is 110 cm³/mol. The molecule has 0 aliphatic rings. The summed E-state index contributed by atoms with van der Waals surface area (Å²) in [5, 5.41) is 6.22. The van der Waals surface area contributed by atoms with Gasteiger partial charge in [0.1, 0.15) is 0 Å². The minimum atomic E-state index is -0.355. The van der Waals surface area contributed by atoms with Gasteiger partial charge in [0.15, 0.2) is 0 Å². The number of amides is 2. The number of hydrogen-bond acceptors (Lipinski definition) is 3. The lowest BCUT2D eigenvalue weighted by Gasteiger charge is -2.14. The Bertz CT molecular complexity index is 799. The Morgan fingerprint density at radius 1 is 1.12 bits per heavy atom. The Morgan fingerprint density at radius 3 is 2.62 bits per heavy atom. The summed E-state index contributed by atoms with van der Waals surface area (Å²) in [5.41, 5.74) is 1.20. The molecule has 0 radical (unpaired) electrons. The number of rotatable bonds is 7. The lowest BCUT2D eigenvalue weighted by molar-refractivity contribution is -0.116. The number of carbonyl (C=O) groups excluding carboxylic acids is 2. The first kappa shape index (κ1) is 20.6. The van der Waals surface area contributed by atoms with E-state index in [9.17, 15) is 9.59 Å². The molecule has 0 aliphatic heterocycles. The average Bonchev–Trinajstić information content (AvgIpc) is 2.58. The summed E-state index contributed by atoms with van der Waals surface area (Å²) in [6.07, 6.45) is 1.28. The zero-order chi connectivity index (χ0) is 19.1. The quantitative estimate of drug-likeness (QED) is 0.562. The van der Waals surface area contributed by atoms with Crippen molar-refractivity contribution in [3.63, 3.8) is 0 Å². The molecule has 2 rings (SSSR count). The van der Waals surface area contributed by atoms with Gasteiger partial charge in [-0.3, -0.25) is 9.59 Å². The van der Waals surface area contributed by atoms with Crippen LogP contribution >= 0.6 is 35.0 Å². The van der Waals surface area contributed by atoms with Crippen molar-refractivity contribution in [3.8, 4) is 0 Å². The van der Waals surface area contributed by atoms with Crippen LogP contribution in [-0.2, 0) is 9.59 Å². The van der Waals surface area contributed by atoms with E-state index in [4.69, 9.17) is 23.2 Å². The van der Waals surface area contributed by atoms with E-state index < -0.39 is 0 Å². The minimum absolute atomic E-state index is 0.0176. The van der Waals surface area contributed by atoms with Gasteiger partial charge in [0.2, 0.25) is 11.8 Å². The molecule has 26 heavy (non-hydrogen) atoms. The van der Waals surface area contributed by atoms with E-state index in [1.165, 1.54) is 11.8 Å². The van der Waals surface area contributed by atoms with Gasteiger partial charge < -0.3 is 10.6 Å². The molecule has 1 unspecified atom stereocenters. The van der Waals surface area contributed by atoms with Crippen molar-refractivity contribution in [2.24, 2.45) is 0 Å². The highest BCUT2D eigenvalue weighted by Crippen LogP contribution is 2.29. The van der Waals surface area contributed by atoms with Crippen molar-refractivity contribution in [1.29, 1.82) is 0 Å². The summed E-state index contributed by atoms with van der Waals surface area (Å²) in [7, 11) is 0. The van der Waals surface area contributed by atoms with Crippen LogP contribution in [-0.4, -0.2) is 17.1 Å². The molecule has 0 saturated heterocycles. The number of anilines is 2. The van der Waals surface area contributed by atoms with Gasteiger partial charge in [0.25, 0.3) is 0 Å². The Labute approximate surface area is 167 Å². The summed E-state index contributed by atoms with van der Waals surface area (Å²) < 4.78 is 0. The van der Waals surface area contributed by atoms with Gasteiger partial charge in [-0.25, -0.2) is 0 Å². The Balaban J connectivity index is 2.00. The van der Waals surface area contributed by atoms with Crippen LogP contribution in [0.25, 0.3) is 0 Å². The fraction of sp³-hybridized carbons (Fsp3) is 0.263. The summed E-state index contributed by atoms with van der Waals surface area (Å²) in [5.74, 6) is -0.198. The molecule has 0 heterocycles. The maximum atomic E-state index is 12.4. The van der Waals surface area contributed by atoms with Gasteiger partial charge >= 0.3 is 0 Å². The zero-order valence-electron chi connectivity index (χ0n) is 14.5. The number of halogens is 2. The van der Waals surface area contributed by atoms with E-state index in [0.29, 0.717) is 22.2 Å². The number of benzene rings is 2. The number of nitrogens with one attached hydrogen (secondary N) is 2. The van der Waals surface area contributed by atoms with Gasteiger partial charge in [-0.2, -0.15) is 0 Å². The van der Waals surface area contributed by atoms with Gasteiger partial charge in [0.05, 0.1) is 16.0 Å². The Hall–Kier alpha value is -1.69. The number of hydrogen-bond donors (Lipinski definition) is 2. The van der Waals surface area contributed by atoms with Crippen LogP contribution in [0.15, 0.2) is 47.4 Å². The predicted octanol–water partition coefficient (Wildman–Crippen LogP) is 5.85. The standard InChI is InChI=1S/C19H20Cl2N2O2S/c1-3-5-18(24)22-14-6-4-7-15(11-14)26-12(2)19(25)23-17-10-13(20)8-9-16(17)21/h4,6-12H,3,5H2,1-2H3,(H,22,24)(H,23,25). The van der Waals surface area contributed by atoms with E-state index in [-0.39, 0.29) is 17.1 Å².